The van der Waals surface area contributed by atoms with E-state index in [9.17, 15) is 19.0 Å². The van der Waals surface area contributed by atoms with Gasteiger partial charge in [-0.05, 0) is 64.2 Å². The van der Waals surface area contributed by atoms with Crippen molar-refractivity contribution in [3.63, 3.8) is 0 Å². The van der Waals surface area contributed by atoms with Crippen LogP contribution in [0.15, 0.2) is 72.9 Å². The van der Waals surface area contributed by atoms with E-state index in [0.29, 0.717) is 6.42 Å². The number of esters is 2. The second-order valence-corrected chi connectivity index (χ2v) is 18.5. The lowest BCUT2D eigenvalue weighted by molar-refractivity contribution is -0.161. The predicted octanol–water partition coefficient (Wildman–Crippen LogP) is 15.8. The van der Waals surface area contributed by atoms with Crippen LogP contribution in [0.25, 0.3) is 0 Å². The highest BCUT2D eigenvalue weighted by Gasteiger charge is 2.26. The molecule has 10 heteroatoms. The zero-order chi connectivity index (χ0) is 46.7. The third kappa shape index (κ3) is 48.9. The lowest BCUT2D eigenvalue weighted by atomic mass is 10.0. The van der Waals surface area contributed by atoms with Crippen molar-refractivity contribution in [2.75, 3.05) is 26.4 Å². The summed E-state index contributed by atoms with van der Waals surface area (Å²) in [5.41, 5.74) is 5.37. The summed E-state index contributed by atoms with van der Waals surface area (Å²) in [5, 5.41) is 0. The monoisotopic (exact) mass is 918 g/mol. The van der Waals surface area contributed by atoms with E-state index < -0.39 is 26.5 Å². The molecule has 0 heterocycles. The van der Waals surface area contributed by atoms with Crippen molar-refractivity contribution in [2.45, 2.75) is 232 Å². The summed E-state index contributed by atoms with van der Waals surface area (Å²) in [6.07, 6.45) is 62.2. The van der Waals surface area contributed by atoms with Gasteiger partial charge in [0, 0.05) is 19.4 Å². The molecule has 0 aliphatic carbocycles. The third-order valence-corrected chi connectivity index (χ3v) is 11.8. The molecule has 0 bridgehead atoms. The molecule has 0 aliphatic heterocycles. The predicted molar refractivity (Wildman–Crippen MR) is 270 cm³/mol. The van der Waals surface area contributed by atoms with Gasteiger partial charge in [-0.25, -0.2) is 4.57 Å². The van der Waals surface area contributed by atoms with Crippen molar-refractivity contribution in [1.82, 2.24) is 0 Å². The van der Waals surface area contributed by atoms with Gasteiger partial charge in [-0.1, -0.05) is 222 Å². The molecule has 2 unspecified atom stereocenters. The summed E-state index contributed by atoms with van der Waals surface area (Å²) >= 11 is 0. The highest BCUT2D eigenvalue weighted by Crippen LogP contribution is 2.43. The third-order valence-electron chi connectivity index (χ3n) is 10.9. The largest absolute Gasteiger partial charge is 0.472 e. The molecule has 0 spiro atoms. The zero-order valence-electron chi connectivity index (χ0n) is 41.0. The Labute approximate surface area is 392 Å². The molecular weight excluding hydrogens is 822 g/mol. The Bertz CT molecular complexity index is 1280. The second kappa shape index (κ2) is 49.9. The molecule has 0 fully saturated rings. The van der Waals surface area contributed by atoms with Gasteiger partial charge in [-0.15, -0.1) is 0 Å². The highest BCUT2D eigenvalue weighted by molar-refractivity contribution is 7.47. The van der Waals surface area contributed by atoms with Gasteiger partial charge in [0.15, 0.2) is 6.10 Å². The molecule has 3 N–H and O–H groups in total. The van der Waals surface area contributed by atoms with E-state index in [-0.39, 0.29) is 38.6 Å². The molecule has 0 aromatic rings. The Morgan fingerprint density at radius 2 is 0.859 bits per heavy atom. The van der Waals surface area contributed by atoms with Crippen LogP contribution in [0.1, 0.15) is 226 Å². The van der Waals surface area contributed by atoms with Crippen molar-refractivity contribution in [1.29, 1.82) is 0 Å². The molecule has 0 aromatic carbocycles. The first kappa shape index (κ1) is 61.5. The molecular formula is C54H96NO8P. The van der Waals surface area contributed by atoms with Crippen LogP contribution >= 0.6 is 7.82 Å². The summed E-state index contributed by atoms with van der Waals surface area (Å²) in [7, 11) is -4.39. The SMILES string of the molecule is CC/C=C\C/C=C\C/C=C\C/C=C\C/C=C\C/C=C\CCCCCCC(=O)OC(COC(=O)CCCCCCCCCCCCCCCCCCCCCC)COP(=O)(O)OCCN. The Hall–Kier alpha value is -2.55. The standard InChI is InChI=1S/C54H96NO8P/c1-3-5-7-9-11-13-15-17-19-21-23-25-26-27-29-31-33-35-37-39-41-43-45-47-54(57)63-52(51-62-64(58,59)61-49-48-55)50-60-53(56)46-44-42-40-38-36-34-32-30-28-24-22-20-18-16-14-12-10-8-6-4-2/h5,7,11,13,17,19,23,25,27,29,33,35,52H,3-4,6,8-10,12,14-16,18,20-22,24,26,28,30-32,34,36-51,55H2,1-2H3,(H,58,59)/b7-5-,13-11-,19-17-,25-23-,29-27-,35-33-. The number of carbonyl (C=O) groups is 2. The Balaban J connectivity index is 4.11. The number of nitrogens with two attached hydrogens (primary N) is 1. The number of unbranched alkanes of at least 4 members (excludes halogenated alkanes) is 23. The van der Waals surface area contributed by atoms with E-state index >= 15 is 0 Å². The van der Waals surface area contributed by atoms with E-state index in [2.05, 4.69) is 86.8 Å². The van der Waals surface area contributed by atoms with Crippen molar-refractivity contribution < 1.29 is 37.6 Å². The molecule has 370 valence electrons. The average Bonchev–Trinajstić information content (AvgIpc) is 3.28. The van der Waals surface area contributed by atoms with Crippen LogP contribution < -0.4 is 5.73 Å². The Morgan fingerprint density at radius 3 is 1.28 bits per heavy atom. The molecule has 0 amide bonds. The highest BCUT2D eigenvalue weighted by atomic mass is 31.2. The van der Waals surface area contributed by atoms with E-state index in [1.807, 2.05) is 0 Å². The maximum atomic E-state index is 12.7. The summed E-state index contributed by atoms with van der Waals surface area (Å²) < 4.78 is 32.9. The number of phosphoric ester groups is 1. The maximum Gasteiger partial charge on any atom is 0.472 e. The minimum Gasteiger partial charge on any atom is -0.462 e. The molecule has 64 heavy (non-hydrogen) atoms. The first-order valence-corrected chi connectivity index (χ1v) is 27.4. The van der Waals surface area contributed by atoms with Gasteiger partial charge in [0.2, 0.25) is 0 Å². The van der Waals surface area contributed by atoms with Crippen LogP contribution in [0.5, 0.6) is 0 Å². The number of hydrogen-bond donors (Lipinski definition) is 2. The quantitative estimate of drug-likeness (QED) is 0.0265. The maximum absolute atomic E-state index is 12.7. The van der Waals surface area contributed by atoms with Crippen LogP contribution in [0.3, 0.4) is 0 Å². The molecule has 0 aliphatic rings. The first-order chi connectivity index (χ1) is 31.3. The number of allylic oxidation sites excluding steroid dienone is 12. The fourth-order valence-corrected chi connectivity index (χ4v) is 7.82. The molecule has 0 saturated carbocycles. The van der Waals surface area contributed by atoms with Gasteiger partial charge in [0.05, 0.1) is 13.2 Å². The summed E-state index contributed by atoms with van der Waals surface area (Å²) in [4.78, 5) is 35.1. The smallest absolute Gasteiger partial charge is 0.462 e. The average molecular weight is 918 g/mol. The molecule has 0 radical (unpaired) electrons. The van der Waals surface area contributed by atoms with Crippen LogP contribution in [-0.2, 0) is 32.7 Å². The lowest BCUT2D eigenvalue weighted by Crippen LogP contribution is -2.29. The number of carbonyl (C=O) groups excluding carboxylic acids is 2. The van der Waals surface area contributed by atoms with E-state index in [1.165, 1.54) is 109 Å². The summed E-state index contributed by atoms with van der Waals surface area (Å²) in [5.74, 6) is -0.853. The molecule has 9 nitrogen and oxygen atoms in total. The minimum atomic E-state index is -4.39. The Morgan fingerprint density at radius 1 is 0.484 bits per heavy atom. The number of phosphoric acid groups is 1. The molecule has 2 atom stereocenters. The van der Waals surface area contributed by atoms with Crippen LogP contribution in [0.2, 0.25) is 0 Å². The van der Waals surface area contributed by atoms with Gasteiger partial charge < -0.3 is 20.1 Å². The van der Waals surface area contributed by atoms with Crippen LogP contribution in [0, 0.1) is 0 Å². The molecule has 0 saturated heterocycles. The first-order valence-electron chi connectivity index (χ1n) is 25.9. The summed E-state index contributed by atoms with van der Waals surface area (Å²) in [6.45, 7) is 3.61. The van der Waals surface area contributed by atoms with Crippen molar-refractivity contribution in [2.24, 2.45) is 5.73 Å². The summed E-state index contributed by atoms with van der Waals surface area (Å²) in [6, 6.07) is 0. The Kier molecular flexibility index (Phi) is 47.9. The van der Waals surface area contributed by atoms with Gasteiger partial charge in [0.1, 0.15) is 6.61 Å². The van der Waals surface area contributed by atoms with Gasteiger partial charge in [-0.2, -0.15) is 0 Å². The second-order valence-electron chi connectivity index (χ2n) is 17.0. The number of hydrogen-bond acceptors (Lipinski definition) is 8. The van der Waals surface area contributed by atoms with Crippen molar-refractivity contribution >= 4 is 19.8 Å². The lowest BCUT2D eigenvalue weighted by Gasteiger charge is -2.19. The minimum absolute atomic E-state index is 0.0465. The van der Waals surface area contributed by atoms with Crippen LogP contribution in [-0.4, -0.2) is 49.3 Å². The van der Waals surface area contributed by atoms with Crippen LogP contribution in [0.4, 0.5) is 0 Å². The van der Waals surface area contributed by atoms with E-state index in [1.54, 1.807) is 0 Å². The fourth-order valence-electron chi connectivity index (χ4n) is 7.05. The van der Waals surface area contributed by atoms with E-state index in [4.69, 9.17) is 24.3 Å². The van der Waals surface area contributed by atoms with E-state index in [0.717, 1.165) is 83.5 Å². The number of ether oxygens (including phenoxy) is 2. The normalized spacial score (nSPS) is 13.8. The van der Waals surface area contributed by atoms with Crippen molar-refractivity contribution in [3.05, 3.63) is 72.9 Å². The van der Waals surface area contributed by atoms with Gasteiger partial charge >= 0.3 is 19.8 Å². The zero-order valence-corrected chi connectivity index (χ0v) is 41.9. The molecule has 0 aromatic heterocycles. The fraction of sp³-hybridized carbons (Fsp3) is 0.741. The topological polar surface area (TPSA) is 134 Å². The van der Waals surface area contributed by atoms with Gasteiger partial charge in [0.25, 0.3) is 0 Å². The molecule has 0 rings (SSSR count). The van der Waals surface area contributed by atoms with Crippen molar-refractivity contribution in [3.8, 4) is 0 Å². The number of rotatable bonds is 48. The van der Waals surface area contributed by atoms with Gasteiger partial charge in [-0.3, -0.25) is 18.6 Å².